The molecular weight excluding hydrogens is 242 g/mol. The molecule has 1 N–H and O–H groups in total. The maximum Gasteiger partial charge on any atom is 0.0624 e. The highest BCUT2D eigenvalue weighted by Crippen LogP contribution is 2.11. The van der Waals surface area contributed by atoms with E-state index in [1.807, 2.05) is 11.8 Å². The molecule has 18 heavy (non-hydrogen) atoms. The van der Waals surface area contributed by atoms with E-state index in [4.69, 9.17) is 0 Å². The molecule has 0 aliphatic heterocycles. The van der Waals surface area contributed by atoms with Gasteiger partial charge < -0.3 is 5.32 Å². The van der Waals surface area contributed by atoms with Gasteiger partial charge >= 0.3 is 0 Å². The summed E-state index contributed by atoms with van der Waals surface area (Å²) in [4.78, 5) is 0. The summed E-state index contributed by atoms with van der Waals surface area (Å²) in [6.45, 7) is 8.53. The molecule has 0 fully saturated rings. The summed E-state index contributed by atoms with van der Waals surface area (Å²) in [5.41, 5.74) is 2.59. The highest BCUT2D eigenvalue weighted by molar-refractivity contribution is 7.98. The predicted octanol–water partition coefficient (Wildman–Crippen LogP) is 2.74. The van der Waals surface area contributed by atoms with Crippen molar-refractivity contribution in [3.63, 3.8) is 0 Å². The van der Waals surface area contributed by atoms with E-state index in [1.54, 1.807) is 0 Å². The molecule has 4 heteroatoms. The first-order valence-electron chi connectivity index (χ1n) is 7.02. The van der Waals surface area contributed by atoms with Crippen LogP contribution in [0.15, 0.2) is 6.07 Å². The van der Waals surface area contributed by atoms with Crippen LogP contribution in [0.25, 0.3) is 0 Å². The van der Waals surface area contributed by atoms with Gasteiger partial charge in [-0.3, -0.25) is 4.68 Å². The van der Waals surface area contributed by atoms with Crippen LogP contribution in [0.4, 0.5) is 0 Å². The van der Waals surface area contributed by atoms with Gasteiger partial charge in [-0.05, 0) is 44.4 Å². The molecule has 0 saturated carbocycles. The van der Waals surface area contributed by atoms with Crippen molar-refractivity contribution >= 4 is 11.8 Å². The Morgan fingerprint density at radius 1 is 1.39 bits per heavy atom. The molecule has 0 amide bonds. The van der Waals surface area contributed by atoms with Crippen LogP contribution in [-0.4, -0.2) is 34.4 Å². The Morgan fingerprint density at radius 2 is 2.17 bits per heavy atom. The third-order valence-electron chi connectivity index (χ3n) is 3.19. The van der Waals surface area contributed by atoms with Gasteiger partial charge in [-0.2, -0.15) is 16.9 Å². The Kier molecular flexibility index (Phi) is 7.44. The van der Waals surface area contributed by atoms with Gasteiger partial charge in [-0.15, -0.1) is 0 Å². The van der Waals surface area contributed by atoms with Crippen molar-refractivity contribution in [2.24, 2.45) is 0 Å². The number of aromatic nitrogens is 2. The molecule has 104 valence electrons. The van der Waals surface area contributed by atoms with Gasteiger partial charge in [0.25, 0.3) is 0 Å². The smallest absolute Gasteiger partial charge is 0.0624 e. The van der Waals surface area contributed by atoms with Crippen molar-refractivity contribution in [2.75, 3.05) is 18.6 Å². The Hall–Kier alpha value is -0.480. The highest BCUT2D eigenvalue weighted by atomic mass is 32.2. The molecule has 0 radical (unpaired) electrons. The molecule has 0 spiro atoms. The Morgan fingerprint density at radius 3 is 2.72 bits per heavy atom. The van der Waals surface area contributed by atoms with E-state index in [0.29, 0.717) is 6.04 Å². The monoisotopic (exact) mass is 269 g/mol. The SMILES string of the molecule is CCNC(CCSC)Cc1cc(CC)nn1CC. The van der Waals surface area contributed by atoms with Gasteiger partial charge in [0.05, 0.1) is 5.69 Å². The Bertz CT molecular complexity index is 336. The summed E-state index contributed by atoms with van der Waals surface area (Å²) < 4.78 is 2.16. The number of nitrogens with zero attached hydrogens (tertiary/aromatic N) is 2. The zero-order chi connectivity index (χ0) is 13.4. The molecule has 3 nitrogen and oxygen atoms in total. The molecule has 1 rings (SSSR count). The Balaban J connectivity index is 2.68. The second-order valence-electron chi connectivity index (χ2n) is 4.54. The summed E-state index contributed by atoms with van der Waals surface area (Å²) >= 11 is 1.92. The number of hydrogen-bond acceptors (Lipinski definition) is 3. The molecule has 1 atom stereocenters. The van der Waals surface area contributed by atoms with Crippen LogP contribution in [0.5, 0.6) is 0 Å². The molecular formula is C14H27N3S. The van der Waals surface area contributed by atoms with Crippen LogP contribution in [-0.2, 0) is 19.4 Å². The third-order valence-corrected chi connectivity index (χ3v) is 3.84. The lowest BCUT2D eigenvalue weighted by atomic mass is 10.1. The average Bonchev–Trinajstić information content (AvgIpc) is 2.78. The molecule has 1 heterocycles. The van der Waals surface area contributed by atoms with Crippen molar-refractivity contribution in [2.45, 2.75) is 52.6 Å². The minimum absolute atomic E-state index is 0.578. The lowest BCUT2D eigenvalue weighted by Gasteiger charge is -2.17. The third kappa shape index (κ3) is 4.65. The largest absolute Gasteiger partial charge is 0.314 e. The van der Waals surface area contributed by atoms with E-state index < -0.39 is 0 Å². The quantitative estimate of drug-likeness (QED) is 0.747. The second-order valence-corrected chi connectivity index (χ2v) is 5.52. The molecule has 1 aromatic rings. The van der Waals surface area contributed by atoms with E-state index in [2.05, 4.69) is 48.2 Å². The number of nitrogens with one attached hydrogen (secondary N) is 1. The number of hydrogen-bond donors (Lipinski definition) is 1. The number of thioether (sulfide) groups is 1. The van der Waals surface area contributed by atoms with Gasteiger partial charge in [0, 0.05) is 24.7 Å². The fraction of sp³-hybridized carbons (Fsp3) is 0.786. The van der Waals surface area contributed by atoms with Crippen LogP contribution >= 0.6 is 11.8 Å². The second kappa shape index (κ2) is 8.59. The molecule has 0 aromatic carbocycles. The number of aryl methyl sites for hydroxylation is 2. The summed E-state index contributed by atoms with van der Waals surface area (Å²) in [5.74, 6) is 1.22. The normalized spacial score (nSPS) is 12.9. The van der Waals surface area contributed by atoms with Crippen LogP contribution in [0.2, 0.25) is 0 Å². The predicted molar refractivity (Wildman–Crippen MR) is 81.4 cm³/mol. The van der Waals surface area contributed by atoms with Crippen molar-refractivity contribution in [3.8, 4) is 0 Å². The van der Waals surface area contributed by atoms with Crippen LogP contribution < -0.4 is 5.32 Å². The van der Waals surface area contributed by atoms with Gasteiger partial charge in [0.2, 0.25) is 0 Å². The maximum atomic E-state index is 4.62. The van der Waals surface area contributed by atoms with Crippen molar-refractivity contribution in [3.05, 3.63) is 17.5 Å². The lowest BCUT2D eigenvalue weighted by molar-refractivity contribution is 0.489. The zero-order valence-corrected chi connectivity index (χ0v) is 13.0. The maximum absolute atomic E-state index is 4.62. The van der Waals surface area contributed by atoms with Gasteiger partial charge in [-0.25, -0.2) is 0 Å². The summed E-state index contributed by atoms with van der Waals surface area (Å²) in [7, 11) is 0. The van der Waals surface area contributed by atoms with Crippen molar-refractivity contribution in [1.29, 1.82) is 0 Å². The van der Waals surface area contributed by atoms with E-state index >= 15 is 0 Å². The minimum Gasteiger partial charge on any atom is -0.314 e. The lowest BCUT2D eigenvalue weighted by Crippen LogP contribution is -2.32. The van der Waals surface area contributed by atoms with Gasteiger partial charge in [-0.1, -0.05) is 13.8 Å². The first kappa shape index (κ1) is 15.6. The summed E-state index contributed by atoms with van der Waals surface area (Å²) in [5, 5.41) is 8.21. The molecule has 0 aliphatic rings. The summed E-state index contributed by atoms with van der Waals surface area (Å²) in [6.07, 6.45) is 5.52. The van der Waals surface area contributed by atoms with E-state index in [0.717, 1.165) is 25.9 Å². The van der Waals surface area contributed by atoms with E-state index in [1.165, 1.54) is 23.6 Å². The van der Waals surface area contributed by atoms with Crippen molar-refractivity contribution < 1.29 is 0 Å². The molecule has 0 aliphatic carbocycles. The minimum atomic E-state index is 0.578. The first-order valence-corrected chi connectivity index (χ1v) is 8.42. The van der Waals surface area contributed by atoms with Gasteiger partial charge in [0.1, 0.15) is 0 Å². The standard InChI is InChI=1S/C14H27N3S/c1-5-12-10-14(17(7-3)16-12)11-13(15-6-2)8-9-18-4/h10,13,15H,5-9,11H2,1-4H3. The zero-order valence-electron chi connectivity index (χ0n) is 12.2. The molecule has 1 aromatic heterocycles. The van der Waals surface area contributed by atoms with Crippen LogP contribution in [0, 0.1) is 0 Å². The highest BCUT2D eigenvalue weighted by Gasteiger charge is 2.12. The first-order chi connectivity index (χ1) is 8.74. The van der Waals surface area contributed by atoms with E-state index in [-0.39, 0.29) is 0 Å². The molecule has 0 bridgehead atoms. The molecule has 0 saturated heterocycles. The summed E-state index contributed by atoms with van der Waals surface area (Å²) in [6, 6.07) is 2.85. The Labute approximate surface area is 116 Å². The number of rotatable bonds is 9. The number of likely N-dealkylation sites (N-methyl/N-ethyl adjacent to an activating group) is 1. The fourth-order valence-electron chi connectivity index (χ4n) is 2.20. The average molecular weight is 269 g/mol. The molecule has 1 unspecified atom stereocenters. The van der Waals surface area contributed by atoms with Crippen LogP contribution in [0.3, 0.4) is 0 Å². The topological polar surface area (TPSA) is 29.9 Å². The van der Waals surface area contributed by atoms with E-state index in [9.17, 15) is 0 Å². The fourth-order valence-corrected chi connectivity index (χ4v) is 2.72. The van der Waals surface area contributed by atoms with Crippen LogP contribution in [0.1, 0.15) is 38.6 Å². The van der Waals surface area contributed by atoms with Crippen molar-refractivity contribution in [1.82, 2.24) is 15.1 Å². The van der Waals surface area contributed by atoms with Gasteiger partial charge in [0.15, 0.2) is 0 Å².